The number of benzene rings is 2. The van der Waals surface area contributed by atoms with Crippen LogP contribution in [0.1, 0.15) is 111 Å². The Hall–Kier alpha value is -10.4. The van der Waals surface area contributed by atoms with Crippen molar-refractivity contribution >= 4 is 131 Å². The SMILES string of the molecule is CC[C@H](C)[C@H](NC(=O)[C@H](CCCN=C(N)N)NC(=O)[C@@H](NC(=O)[C@H](Cc1ccccc1)NC(=O)[C@H](CCCN=C(N)N)NC(=O)[C@@H](N)Cc1c[nH]c2ccccc12)[C@@H](C)CC)C(=O)N[C@@H](CC(=O)O)C(=O)N[C@H](C(=O)N[C@@H](CO)C(=O)N[C@@H](CS)C(=O)N[C@H](C(=O)N[C@@H](CS)C(=O)N[C@H](C(=O)O)[C@@H](C)O)C(C)C)[C@@H](C)O. The first kappa shape index (κ1) is 94.8. The summed E-state index contributed by atoms with van der Waals surface area (Å²) in [6.45, 7) is 10.5. The summed E-state index contributed by atoms with van der Waals surface area (Å²) in [5.41, 5.74) is 30.9. The third kappa shape index (κ3) is 31.5. The number of aromatic nitrogens is 1. The number of hydrogen-bond donors (Lipinski definition) is 25. The van der Waals surface area contributed by atoms with Gasteiger partial charge in [0.2, 0.25) is 70.9 Å². The Morgan fingerprint density at radius 3 is 1.30 bits per heavy atom. The van der Waals surface area contributed by atoms with Crippen LogP contribution in [0, 0.1) is 17.8 Å². The summed E-state index contributed by atoms with van der Waals surface area (Å²) >= 11 is 8.18. The Morgan fingerprint density at radius 1 is 0.450 bits per heavy atom. The number of rotatable bonds is 49. The fourth-order valence-corrected chi connectivity index (χ4v) is 11.6. The van der Waals surface area contributed by atoms with Crippen LogP contribution in [0.4, 0.5) is 0 Å². The molecular weight excluding hydrogens is 1490 g/mol. The molecule has 0 aliphatic rings. The Balaban J connectivity index is 1.90. The molecule has 0 aliphatic carbocycles. The molecule has 0 radical (unpaired) electrons. The average molecular weight is 1600 g/mol. The molecule has 0 aliphatic heterocycles. The van der Waals surface area contributed by atoms with Crippen molar-refractivity contribution in [2.45, 2.75) is 204 Å². The monoisotopic (exact) mass is 1600 g/mol. The van der Waals surface area contributed by atoms with E-state index < -0.39 is 210 Å². The summed E-state index contributed by atoms with van der Waals surface area (Å²) in [6, 6.07) is -4.88. The standard InChI is InChI=1S/C70H110N20O19S2/c1-9-34(5)52(88-59(99)45(26-38-18-12-11-13-19-38)81-57(97)43(22-16-24-76-69(72)73)79-56(96)41(71)27-39-29-78-42-21-15-14-20-40(39)42)65(105)80-44(23-17-25-77-70(74)75)58(98)87-53(35(6)10-2)66(106)82-46(28-50(94)95)60(100)89-54(36(7)92)67(107)83-47(30-91)61(101)84-48(31-110)62(102)86-51(33(3)4)64(104)85-49(32-111)63(103)90-55(37(8)93)68(108)109/h11-15,18-21,29,33-37,41,43-49,51-55,78,91-93,110-111H,9-10,16-17,22-28,30-32,71H2,1-8H3,(H,79,96)(H,80,105)(H,81,97)(H,82,106)(H,83,107)(H,84,101)(H,85,104)(H,86,102)(H,87,98)(H,88,99)(H,89,100)(H,90,103)(H,94,95)(H,108,109)(H4,72,73,76)(H4,74,75,77)/t34-,35-,36+,37+,41-,43-,44-,45-,46-,47-,48-,49-,51-,52-,53-,54-,55-/m0/s1. The highest BCUT2D eigenvalue weighted by molar-refractivity contribution is 7.80. The van der Waals surface area contributed by atoms with Gasteiger partial charge in [-0.3, -0.25) is 72.3 Å². The number of aromatic amines is 1. The van der Waals surface area contributed by atoms with Crippen LogP contribution in [-0.2, 0) is 80.0 Å². The van der Waals surface area contributed by atoms with E-state index >= 15 is 0 Å². The highest BCUT2D eigenvalue weighted by atomic mass is 32.1. The van der Waals surface area contributed by atoms with Crippen molar-refractivity contribution in [1.29, 1.82) is 0 Å². The molecule has 0 unspecified atom stereocenters. The van der Waals surface area contributed by atoms with E-state index in [0.717, 1.165) is 30.3 Å². The van der Waals surface area contributed by atoms with Gasteiger partial charge in [0.15, 0.2) is 18.0 Å². The summed E-state index contributed by atoms with van der Waals surface area (Å²) in [5, 5.41) is 80.4. The molecule has 0 saturated carbocycles. The molecule has 1 aromatic heterocycles. The number of aliphatic imine (C=N–C) groups is 2. The maximum Gasteiger partial charge on any atom is 0.328 e. The Bertz CT molecular complexity index is 3710. The quantitative estimate of drug-likeness (QED) is 0.0108. The molecule has 616 valence electrons. The van der Waals surface area contributed by atoms with E-state index in [4.69, 9.17) is 28.7 Å². The Morgan fingerprint density at radius 2 is 0.829 bits per heavy atom. The van der Waals surface area contributed by atoms with E-state index in [1.807, 2.05) is 24.3 Å². The van der Waals surface area contributed by atoms with E-state index in [1.165, 1.54) is 20.8 Å². The number of aliphatic hydroxyl groups excluding tert-OH is 3. The van der Waals surface area contributed by atoms with Crippen molar-refractivity contribution in [3.05, 3.63) is 71.9 Å². The second kappa shape index (κ2) is 47.6. The predicted molar refractivity (Wildman–Crippen MR) is 415 cm³/mol. The van der Waals surface area contributed by atoms with Gasteiger partial charge in [-0.25, -0.2) is 4.79 Å². The zero-order chi connectivity index (χ0) is 83.5. The number of amides is 12. The molecule has 41 heteroatoms. The topological polar surface area (TPSA) is 655 Å². The lowest BCUT2D eigenvalue weighted by molar-refractivity contribution is -0.145. The molecule has 1 heterocycles. The maximum atomic E-state index is 14.8. The highest BCUT2D eigenvalue weighted by Gasteiger charge is 2.40. The number of carbonyl (C=O) groups is 14. The molecular formula is C70H110N20O19S2. The van der Waals surface area contributed by atoms with Gasteiger partial charge >= 0.3 is 11.9 Å². The molecule has 12 amide bonds. The third-order valence-corrected chi connectivity index (χ3v) is 18.7. The molecule has 0 bridgehead atoms. The zero-order valence-electron chi connectivity index (χ0n) is 63.2. The second-order valence-electron chi connectivity index (χ2n) is 27.1. The molecule has 2 aromatic carbocycles. The van der Waals surface area contributed by atoms with E-state index in [0.29, 0.717) is 5.56 Å². The fraction of sp³-hybridized carbons (Fsp3) is 0.571. The number of aliphatic hydroxyl groups is 3. The molecule has 39 nitrogen and oxygen atoms in total. The summed E-state index contributed by atoms with van der Waals surface area (Å²) < 4.78 is 0. The highest BCUT2D eigenvalue weighted by Crippen LogP contribution is 2.20. The molecule has 3 aromatic rings. The van der Waals surface area contributed by atoms with Crippen LogP contribution in [0.15, 0.2) is 70.8 Å². The Labute approximate surface area is 652 Å². The number of nitrogens with one attached hydrogen (secondary N) is 13. The molecule has 0 spiro atoms. The van der Waals surface area contributed by atoms with Crippen molar-refractivity contribution < 1.29 is 92.7 Å². The number of nitrogens with two attached hydrogens (primary N) is 5. The van der Waals surface area contributed by atoms with E-state index in [1.54, 1.807) is 57.3 Å². The number of aliphatic carboxylic acids is 2. The molecule has 28 N–H and O–H groups in total. The fourth-order valence-electron chi connectivity index (χ4n) is 11.1. The van der Waals surface area contributed by atoms with Crippen LogP contribution >= 0.6 is 25.3 Å². The minimum Gasteiger partial charge on any atom is -0.481 e. The van der Waals surface area contributed by atoms with Crippen molar-refractivity contribution in [1.82, 2.24) is 68.8 Å². The van der Waals surface area contributed by atoms with Crippen LogP contribution in [0.25, 0.3) is 10.9 Å². The van der Waals surface area contributed by atoms with Gasteiger partial charge in [-0.05, 0) is 80.9 Å². The predicted octanol–water partition coefficient (Wildman–Crippen LogP) is -5.87. The first-order valence-electron chi connectivity index (χ1n) is 36.1. The van der Waals surface area contributed by atoms with Crippen LogP contribution in [0.3, 0.4) is 0 Å². The van der Waals surface area contributed by atoms with Gasteiger partial charge in [0.25, 0.3) is 0 Å². The summed E-state index contributed by atoms with van der Waals surface area (Å²) in [4.78, 5) is 204. The smallest absolute Gasteiger partial charge is 0.328 e. The van der Waals surface area contributed by atoms with Crippen LogP contribution in [0.2, 0.25) is 0 Å². The van der Waals surface area contributed by atoms with Crippen LogP contribution in [-0.4, -0.2) is 247 Å². The van der Waals surface area contributed by atoms with Gasteiger partial charge in [0.1, 0.15) is 66.5 Å². The number of fused-ring (bicyclic) bond motifs is 1. The van der Waals surface area contributed by atoms with Crippen molar-refractivity contribution in [3.63, 3.8) is 0 Å². The van der Waals surface area contributed by atoms with Crippen LogP contribution < -0.4 is 92.5 Å². The van der Waals surface area contributed by atoms with Crippen molar-refractivity contribution in [2.75, 3.05) is 31.2 Å². The molecule has 0 fully saturated rings. The number of carboxylic acids is 2. The zero-order valence-corrected chi connectivity index (χ0v) is 65.0. The largest absolute Gasteiger partial charge is 0.481 e. The van der Waals surface area contributed by atoms with Gasteiger partial charge in [-0.2, -0.15) is 25.3 Å². The number of hydrogen-bond acceptors (Lipinski definition) is 22. The lowest BCUT2D eigenvalue weighted by Gasteiger charge is -2.31. The van der Waals surface area contributed by atoms with Gasteiger partial charge in [-0.1, -0.05) is 103 Å². The minimum atomic E-state index is -2.08. The molecule has 111 heavy (non-hydrogen) atoms. The molecule has 0 saturated heterocycles. The second-order valence-corrected chi connectivity index (χ2v) is 27.8. The summed E-state index contributed by atoms with van der Waals surface area (Å²) in [6.07, 6.45) is -2.52. The van der Waals surface area contributed by atoms with E-state index in [2.05, 4.69) is 104 Å². The number of para-hydroxylation sites is 1. The van der Waals surface area contributed by atoms with E-state index in [9.17, 15) is 92.7 Å². The van der Waals surface area contributed by atoms with Gasteiger partial charge in [-0.15, -0.1) is 0 Å². The Kier molecular flexibility index (Phi) is 40.7. The number of carboxylic acid groups (broad SMARTS) is 2. The van der Waals surface area contributed by atoms with Crippen molar-refractivity contribution in [2.24, 2.45) is 56.4 Å². The summed E-state index contributed by atoms with van der Waals surface area (Å²) in [5.74, 6) is -19.3. The maximum absolute atomic E-state index is 14.8. The van der Waals surface area contributed by atoms with Gasteiger partial charge < -0.3 is 123 Å². The molecule has 3 rings (SSSR count). The average Bonchev–Trinajstić information content (AvgIpc) is 1.14. The van der Waals surface area contributed by atoms with Crippen molar-refractivity contribution in [3.8, 4) is 0 Å². The van der Waals surface area contributed by atoms with E-state index in [-0.39, 0.29) is 82.1 Å². The number of nitrogens with zero attached hydrogens (tertiary/aromatic N) is 2. The number of carbonyl (C=O) groups excluding carboxylic acids is 12. The van der Waals surface area contributed by atoms with Gasteiger partial charge in [0.05, 0.1) is 31.3 Å². The van der Waals surface area contributed by atoms with Gasteiger partial charge in [0, 0.05) is 48.1 Å². The third-order valence-electron chi connectivity index (χ3n) is 17.9. The lowest BCUT2D eigenvalue weighted by Crippen LogP contribution is -2.63. The normalized spacial score (nSPS) is 15.8. The van der Waals surface area contributed by atoms with Crippen LogP contribution in [0.5, 0.6) is 0 Å². The summed E-state index contributed by atoms with van der Waals surface area (Å²) in [7, 11) is 0. The number of guanidine groups is 2. The first-order chi connectivity index (χ1) is 52.3. The minimum absolute atomic E-state index is 0.0215. The number of thiol groups is 2. The number of H-pyrrole nitrogens is 1. The lowest BCUT2D eigenvalue weighted by atomic mass is 9.95. The molecule has 17 atom stereocenters. The first-order valence-corrected chi connectivity index (χ1v) is 37.3.